The number of hydrogen-bond donors (Lipinski definition) is 2. The molecule has 4 nitrogen and oxygen atoms in total. The van der Waals surface area contributed by atoms with E-state index in [9.17, 15) is 4.79 Å². The van der Waals surface area contributed by atoms with Gasteiger partial charge in [0.25, 0.3) is 5.91 Å². The second-order valence-electron chi connectivity index (χ2n) is 4.62. The van der Waals surface area contributed by atoms with Crippen LogP contribution in [0.4, 0.5) is 0 Å². The number of aliphatic hydroxyl groups is 1. The second kappa shape index (κ2) is 7.50. The van der Waals surface area contributed by atoms with E-state index in [-0.39, 0.29) is 18.6 Å². The number of nitrogens with one attached hydrogen (secondary N) is 1. The molecular formula is C14H20BrNO3. The van der Waals surface area contributed by atoms with Crippen molar-refractivity contribution in [2.24, 2.45) is 0 Å². The van der Waals surface area contributed by atoms with Crippen molar-refractivity contribution < 1.29 is 14.6 Å². The molecule has 0 heterocycles. The zero-order chi connectivity index (χ0) is 14.4. The first-order valence-electron chi connectivity index (χ1n) is 6.28. The third-order valence-corrected chi connectivity index (χ3v) is 3.33. The van der Waals surface area contributed by atoms with Gasteiger partial charge in [0.15, 0.2) is 6.10 Å². The monoisotopic (exact) mass is 329 g/mol. The Balaban J connectivity index is 2.58. The van der Waals surface area contributed by atoms with Gasteiger partial charge in [-0.15, -0.1) is 0 Å². The highest BCUT2D eigenvalue weighted by molar-refractivity contribution is 9.10. The van der Waals surface area contributed by atoms with E-state index in [1.54, 1.807) is 6.92 Å². The Bertz CT molecular complexity index is 437. The highest BCUT2D eigenvalue weighted by Gasteiger charge is 2.17. The van der Waals surface area contributed by atoms with Crippen molar-refractivity contribution in [2.45, 2.75) is 39.3 Å². The number of carbonyl (C=O) groups excluding carboxylic acids is 1. The lowest BCUT2D eigenvalue weighted by molar-refractivity contribution is -0.128. The zero-order valence-corrected chi connectivity index (χ0v) is 13.0. The van der Waals surface area contributed by atoms with E-state index in [0.29, 0.717) is 12.2 Å². The fraction of sp³-hybridized carbons (Fsp3) is 0.500. The van der Waals surface area contributed by atoms with Crippen LogP contribution >= 0.6 is 15.9 Å². The van der Waals surface area contributed by atoms with Crippen LogP contribution in [-0.4, -0.2) is 29.8 Å². The number of hydrogen-bond acceptors (Lipinski definition) is 3. The number of carbonyl (C=O) groups is 1. The lowest BCUT2D eigenvalue weighted by Gasteiger charge is -2.19. The molecule has 5 heteroatoms. The smallest absolute Gasteiger partial charge is 0.260 e. The Morgan fingerprint density at radius 2 is 2.16 bits per heavy atom. The van der Waals surface area contributed by atoms with Crippen molar-refractivity contribution in [2.75, 3.05) is 6.61 Å². The van der Waals surface area contributed by atoms with Gasteiger partial charge in [-0.3, -0.25) is 4.79 Å². The molecule has 0 aromatic heterocycles. The minimum Gasteiger partial charge on any atom is -0.480 e. The van der Waals surface area contributed by atoms with Crippen LogP contribution in [0.15, 0.2) is 22.7 Å². The van der Waals surface area contributed by atoms with E-state index in [2.05, 4.69) is 21.2 Å². The maximum absolute atomic E-state index is 11.9. The average molecular weight is 330 g/mol. The number of rotatable bonds is 6. The third-order valence-electron chi connectivity index (χ3n) is 2.71. The molecule has 19 heavy (non-hydrogen) atoms. The van der Waals surface area contributed by atoms with Gasteiger partial charge in [-0.1, -0.05) is 6.07 Å². The molecule has 0 saturated carbocycles. The van der Waals surface area contributed by atoms with Gasteiger partial charge >= 0.3 is 0 Å². The van der Waals surface area contributed by atoms with Crippen LogP contribution in [0.3, 0.4) is 0 Å². The SMILES string of the molecule is Cc1ccc(OC(C)C(=O)NC(C)CCO)c(Br)c1. The van der Waals surface area contributed by atoms with E-state index in [4.69, 9.17) is 9.84 Å². The lowest BCUT2D eigenvalue weighted by Crippen LogP contribution is -2.41. The molecule has 1 aromatic rings. The summed E-state index contributed by atoms with van der Waals surface area (Å²) < 4.78 is 6.45. The molecule has 1 aromatic carbocycles. The summed E-state index contributed by atoms with van der Waals surface area (Å²) in [6, 6.07) is 5.64. The fourth-order valence-electron chi connectivity index (χ4n) is 1.57. The summed E-state index contributed by atoms with van der Waals surface area (Å²) in [6.07, 6.45) is -0.0488. The molecular weight excluding hydrogens is 310 g/mol. The Morgan fingerprint density at radius 3 is 2.74 bits per heavy atom. The largest absolute Gasteiger partial charge is 0.480 e. The highest BCUT2D eigenvalue weighted by Crippen LogP contribution is 2.26. The topological polar surface area (TPSA) is 58.6 Å². The fourth-order valence-corrected chi connectivity index (χ4v) is 2.16. The highest BCUT2D eigenvalue weighted by atomic mass is 79.9. The number of aryl methyl sites for hydroxylation is 1. The van der Waals surface area contributed by atoms with Crippen LogP contribution in [0, 0.1) is 6.92 Å². The molecule has 0 aliphatic carbocycles. The summed E-state index contributed by atoms with van der Waals surface area (Å²) >= 11 is 3.41. The number of ether oxygens (including phenoxy) is 1. The zero-order valence-electron chi connectivity index (χ0n) is 11.4. The normalized spacial score (nSPS) is 13.7. The summed E-state index contributed by atoms with van der Waals surface area (Å²) in [5.74, 6) is 0.455. The van der Waals surface area contributed by atoms with Crippen LogP contribution in [0.5, 0.6) is 5.75 Å². The quantitative estimate of drug-likeness (QED) is 0.842. The van der Waals surface area contributed by atoms with Crippen molar-refractivity contribution >= 4 is 21.8 Å². The van der Waals surface area contributed by atoms with Gasteiger partial charge in [-0.05, 0) is 60.8 Å². The molecule has 0 radical (unpaired) electrons. The van der Waals surface area contributed by atoms with Crippen molar-refractivity contribution in [3.05, 3.63) is 28.2 Å². The number of benzene rings is 1. The number of aliphatic hydroxyl groups excluding tert-OH is 1. The summed E-state index contributed by atoms with van der Waals surface area (Å²) in [5.41, 5.74) is 1.12. The molecule has 1 amide bonds. The van der Waals surface area contributed by atoms with Crippen molar-refractivity contribution in [3.8, 4) is 5.75 Å². The molecule has 0 aliphatic rings. The first-order valence-corrected chi connectivity index (χ1v) is 7.07. The Labute approximate surface area is 122 Å². The van der Waals surface area contributed by atoms with Gasteiger partial charge < -0.3 is 15.2 Å². The number of amides is 1. The summed E-state index contributed by atoms with van der Waals surface area (Å²) in [6.45, 7) is 5.59. The van der Waals surface area contributed by atoms with Gasteiger partial charge in [-0.2, -0.15) is 0 Å². The van der Waals surface area contributed by atoms with E-state index >= 15 is 0 Å². The van der Waals surface area contributed by atoms with E-state index in [1.807, 2.05) is 32.0 Å². The van der Waals surface area contributed by atoms with Crippen LogP contribution in [0.2, 0.25) is 0 Å². The van der Waals surface area contributed by atoms with E-state index in [0.717, 1.165) is 10.0 Å². The van der Waals surface area contributed by atoms with Gasteiger partial charge in [0.2, 0.25) is 0 Å². The second-order valence-corrected chi connectivity index (χ2v) is 5.47. The van der Waals surface area contributed by atoms with Crippen LogP contribution in [0.25, 0.3) is 0 Å². The van der Waals surface area contributed by atoms with Crippen LogP contribution in [-0.2, 0) is 4.79 Å². The maximum Gasteiger partial charge on any atom is 0.260 e. The van der Waals surface area contributed by atoms with Gasteiger partial charge in [0.05, 0.1) is 4.47 Å². The average Bonchev–Trinajstić information content (AvgIpc) is 2.32. The molecule has 0 fully saturated rings. The van der Waals surface area contributed by atoms with Crippen LogP contribution < -0.4 is 10.1 Å². The first kappa shape index (κ1) is 16.0. The minimum absolute atomic E-state index is 0.0557. The van der Waals surface area contributed by atoms with E-state index in [1.165, 1.54) is 0 Å². The van der Waals surface area contributed by atoms with Gasteiger partial charge in [0, 0.05) is 12.6 Å². The Kier molecular flexibility index (Phi) is 6.31. The molecule has 2 unspecified atom stereocenters. The third kappa shape index (κ3) is 5.20. The van der Waals surface area contributed by atoms with Crippen LogP contribution in [0.1, 0.15) is 25.8 Å². The predicted octanol–water partition coefficient (Wildman–Crippen LogP) is 2.41. The molecule has 0 aliphatic heterocycles. The van der Waals surface area contributed by atoms with Crippen molar-refractivity contribution in [1.29, 1.82) is 0 Å². The lowest BCUT2D eigenvalue weighted by atomic mass is 10.2. The van der Waals surface area contributed by atoms with Gasteiger partial charge in [0.1, 0.15) is 5.75 Å². The maximum atomic E-state index is 11.9. The standard InChI is InChI=1S/C14H20BrNO3/c1-9-4-5-13(12(15)8-9)19-11(3)14(18)16-10(2)6-7-17/h4-5,8,10-11,17H,6-7H2,1-3H3,(H,16,18). The molecule has 0 bridgehead atoms. The summed E-state index contributed by atoms with van der Waals surface area (Å²) in [7, 11) is 0. The Morgan fingerprint density at radius 1 is 1.47 bits per heavy atom. The minimum atomic E-state index is -0.583. The first-order chi connectivity index (χ1) is 8.93. The molecule has 2 N–H and O–H groups in total. The molecule has 2 atom stereocenters. The van der Waals surface area contributed by atoms with Crippen molar-refractivity contribution in [1.82, 2.24) is 5.32 Å². The summed E-state index contributed by atoms with van der Waals surface area (Å²) in [5, 5.41) is 11.6. The van der Waals surface area contributed by atoms with E-state index < -0.39 is 6.10 Å². The van der Waals surface area contributed by atoms with Gasteiger partial charge in [-0.25, -0.2) is 0 Å². The molecule has 1 rings (SSSR count). The number of halogens is 1. The molecule has 0 spiro atoms. The molecule has 106 valence electrons. The summed E-state index contributed by atoms with van der Waals surface area (Å²) in [4.78, 5) is 11.9. The Hall–Kier alpha value is -1.07. The predicted molar refractivity (Wildman–Crippen MR) is 78.3 cm³/mol. The molecule has 0 saturated heterocycles. The van der Waals surface area contributed by atoms with Crippen molar-refractivity contribution in [3.63, 3.8) is 0 Å².